The average molecular weight is 559 g/mol. The second kappa shape index (κ2) is 13.0. The van der Waals surface area contributed by atoms with Crippen molar-refractivity contribution in [2.75, 3.05) is 42.9 Å². The normalized spacial score (nSPS) is 13.5. The molecule has 0 atom stereocenters. The van der Waals surface area contributed by atoms with Crippen molar-refractivity contribution in [1.82, 2.24) is 9.88 Å². The molecule has 4 aromatic rings. The fraction of sp³-hybridized carbons (Fsp3) is 0.241. The molecular weight excluding hydrogens is 529 g/mol. The van der Waals surface area contributed by atoms with Crippen molar-refractivity contribution in [3.63, 3.8) is 0 Å². The third kappa shape index (κ3) is 6.78. The van der Waals surface area contributed by atoms with Crippen LogP contribution in [-0.2, 0) is 6.42 Å². The van der Waals surface area contributed by atoms with Crippen LogP contribution in [0.15, 0.2) is 72.8 Å². The van der Waals surface area contributed by atoms with E-state index in [1.807, 2.05) is 25.1 Å². The smallest absolute Gasteiger partial charge is 0.258 e. The second-order valence-corrected chi connectivity index (χ2v) is 9.15. The summed E-state index contributed by atoms with van der Waals surface area (Å²) in [6.45, 7) is 6.74. The minimum atomic E-state index is -0.751. The van der Waals surface area contributed by atoms with Crippen LogP contribution in [0.3, 0.4) is 0 Å². The van der Waals surface area contributed by atoms with E-state index < -0.39 is 17.5 Å². The lowest BCUT2D eigenvalue weighted by atomic mass is 10.1. The molecule has 1 fully saturated rings. The fourth-order valence-corrected chi connectivity index (χ4v) is 4.69. The standard InChI is InChI=1S/C29H28F2N4O.2ClH/c1-20-8-10-24-27(32-20)6-3-7-28(24)35-16-14-34(15-17-35)13-12-21-4-2-5-23(18-21)33-29(36)25-19-22(30)9-11-26(25)31;;/h2-11,18-19H,12-17H2,1H3,(H,33,36);2*1H. The van der Waals surface area contributed by atoms with E-state index in [0.717, 1.165) is 74.1 Å². The zero-order valence-corrected chi connectivity index (χ0v) is 22.6. The number of aromatic nitrogens is 1. The molecule has 200 valence electrons. The highest BCUT2D eigenvalue weighted by atomic mass is 35.5. The van der Waals surface area contributed by atoms with Gasteiger partial charge in [-0.2, -0.15) is 0 Å². The maximum Gasteiger partial charge on any atom is 0.258 e. The first-order valence-corrected chi connectivity index (χ1v) is 12.2. The van der Waals surface area contributed by atoms with Gasteiger partial charge in [0.2, 0.25) is 0 Å². The Morgan fingerprint density at radius 2 is 1.68 bits per heavy atom. The van der Waals surface area contributed by atoms with Gasteiger partial charge in [-0.1, -0.05) is 18.2 Å². The van der Waals surface area contributed by atoms with Crippen molar-refractivity contribution in [2.24, 2.45) is 0 Å². The summed E-state index contributed by atoms with van der Waals surface area (Å²) in [5.41, 5.74) is 4.61. The molecule has 5 rings (SSSR count). The van der Waals surface area contributed by atoms with Crippen LogP contribution >= 0.6 is 24.8 Å². The van der Waals surface area contributed by atoms with Gasteiger partial charge >= 0.3 is 0 Å². The van der Waals surface area contributed by atoms with E-state index in [1.165, 1.54) is 11.1 Å². The molecule has 1 aliphatic heterocycles. The summed E-state index contributed by atoms with van der Waals surface area (Å²) in [5, 5.41) is 3.86. The molecule has 1 aliphatic rings. The van der Waals surface area contributed by atoms with Gasteiger partial charge in [0.05, 0.1) is 11.1 Å². The molecule has 0 saturated carbocycles. The monoisotopic (exact) mass is 558 g/mol. The highest BCUT2D eigenvalue weighted by Crippen LogP contribution is 2.27. The number of hydrogen-bond donors (Lipinski definition) is 1. The molecule has 1 amide bonds. The Morgan fingerprint density at radius 3 is 2.47 bits per heavy atom. The summed E-state index contributed by atoms with van der Waals surface area (Å²) in [7, 11) is 0. The third-order valence-corrected chi connectivity index (χ3v) is 6.64. The van der Waals surface area contributed by atoms with E-state index in [1.54, 1.807) is 6.07 Å². The van der Waals surface area contributed by atoms with E-state index in [9.17, 15) is 13.6 Å². The van der Waals surface area contributed by atoms with Crippen LogP contribution < -0.4 is 10.2 Å². The Labute approximate surface area is 233 Å². The summed E-state index contributed by atoms with van der Waals surface area (Å²) in [4.78, 5) is 21.9. The number of carbonyl (C=O) groups is 1. The maximum absolute atomic E-state index is 13.9. The molecule has 1 N–H and O–H groups in total. The van der Waals surface area contributed by atoms with E-state index >= 15 is 0 Å². The molecule has 38 heavy (non-hydrogen) atoms. The van der Waals surface area contributed by atoms with Crippen LogP contribution in [0.1, 0.15) is 21.6 Å². The fourth-order valence-electron chi connectivity index (χ4n) is 4.69. The lowest BCUT2D eigenvalue weighted by Gasteiger charge is -2.36. The van der Waals surface area contributed by atoms with Gasteiger partial charge in [0.25, 0.3) is 5.91 Å². The number of benzene rings is 3. The molecule has 2 heterocycles. The lowest BCUT2D eigenvalue weighted by molar-refractivity contribution is 0.102. The minimum absolute atomic E-state index is 0. The first-order valence-electron chi connectivity index (χ1n) is 12.2. The number of hydrogen-bond acceptors (Lipinski definition) is 4. The van der Waals surface area contributed by atoms with Crippen molar-refractivity contribution in [3.05, 3.63) is 101 Å². The molecular formula is C29H30Cl2F2N4O. The summed E-state index contributed by atoms with van der Waals surface area (Å²) < 4.78 is 27.4. The van der Waals surface area contributed by atoms with Crippen LogP contribution in [-0.4, -0.2) is 48.5 Å². The number of aryl methyl sites for hydroxylation is 1. The summed E-state index contributed by atoms with van der Waals surface area (Å²) in [6.07, 6.45) is 0.829. The number of rotatable bonds is 6. The van der Waals surface area contributed by atoms with Crippen molar-refractivity contribution < 1.29 is 13.6 Å². The third-order valence-electron chi connectivity index (χ3n) is 6.64. The first-order chi connectivity index (χ1) is 17.5. The first kappa shape index (κ1) is 29.3. The summed E-state index contributed by atoms with van der Waals surface area (Å²) in [5.74, 6) is -2.07. The predicted molar refractivity (Wildman–Crippen MR) is 154 cm³/mol. The number of anilines is 2. The van der Waals surface area contributed by atoms with Crippen LogP contribution in [0, 0.1) is 18.6 Å². The molecule has 1 aromatic heterocycles. The van der Waals surface area contributed by atoms with Crippen LogP contribution in [0.4, 0.5) is 20.2 Å². The van der Waals surface area contributed by atoms with Gasteiger partial charge in [-0.15, -0.1) is 24.8 Å². The zero-order chi connectivity index (χ0) is 25.1. The molecule has 3 aromatic carbocycles. The van der Waals surface area contributed by atoms with Crippen molar-refractivity contribution >= 4 is 53.0 Å². The summed E-state index contributed by atoms with van der Waals surface area (Å²) in [6, 6.07) is 20.9. The van der Waals surface area contributed by atoms with Gasteiger partial charge in [0, 0.05) is 55.2 Å². The second-order valence-electron chi connectivity index (χ2n) is 9.15. The van der Waals surface area contributed by atoms with Crippen LogP contribution in [0.5, 0.6) is 0 Å². The average Bonchev–Trinajstić information content (AvgIpc) is 2.89. The van der Waals surface area contributed by atoms with Gasteiger partial charge in [-0.05, 0) is 73.5 Å². The minimum Gasteiger partial charge on any atom is -0.368 e. The number of piperazine rings is 1. The lowest BCUT2D eigenvalue weighted by Crippen LogP contribution is -2.47. The number of pyridine rings is 1. The molecule has 9 heteroatoms. The van der Waals surface area contributed by atoms with Crippen molar-refractivity contribution in [1.29, 1.82) is 0 Å². The number of halogens is 4. The van der Waals surface area contributed by atoms with Crippen molar-refractivity contribution in [2.45, 2.75) is 13.3 Å². The molecule has 0 aliphatic carbocycles. The highest BCUT2D eigenvalue weighted by molar-refractivity contribution is 6.04. The molecule has 0 spiro atoms. The Kier molecular flexibility index (Phi) is 10.0. The molecule has 1 saturated heterocycles. The van der Waals surface area contributed by atoms with Crippen LogP contribution in [0.2, 0.25) is 0 Å². The SMILES string of the molecule is Cc1ccc2c(N3CCN(CCc4cccc(NC(=O)c5cc(F)ccc5F)c4)CC3)cccc2n1.Cl.Cl. The Bertz CT molecular complexity index is 1410. The number of nitrogens with zero attached hydrogens (tertiary/aromatic N) is 3. The van der Waals surface area contributed by atoms with Gasteiger partial charge in [-0.3, -0.25) is 14.7 Å². The molecule has 0 bridgehead atoms. The Balaban J connectivity index is 0.00000200. The van der Waals surface area contributed by atoms with Gasteiger partial charge < -0.3 is 10.2 Å². The quantitative estimate of drug-likeness (QED) is 0.302. The molecule has 0 radical (unpaired) electrons. The van der Waals surface area contributed by atoms with E-state index in [0.29, 0.717) is 5.69 Å². The molecule has 5 nitrogen and oxygen atoms in total. The summed E-state index contributed by atoms with van der Waals surface area (Å²) >= 11 is 0. The van der Waals surface area contributed by atoms with E-state index in [4.69, 9.17) is 0 Å². The zero-order valence-electron chi connectivity index (χ0n) is 21.0. The van der Waals surface area contributed by atoms with Gasteiger partial charge in [-0.25, -0.2) is 8.78 Å². The maximum atomic E-state index is 13.9. The van der Waals surface area contributed by atoms with E-state index in [-0.39, 0.29) is 30.4 Å². The highest BCUT2D eigenvalue weighted by Gasteiger charge is 2.19. The van der Waals surface area contributed by atoms with Gasteiger partial charge in [0.15, 0.2) is 0 Å². The topological polar surface area (TPSA) is 48.5 Å². The number of carbonyl (C=O) groups excluding carboxylic acids is 1. The Morgan fingerprint density at radius 1 is 0.921 bits per heavy atom. The van der Waals surface area contributed by atoms with Crippen molar-refractivity contribution in [3.8, 4) is 0 Å². The number of nitrogens with one attached hydrogen (secondary N) is 1. The number of amides is 1. The van der Waals surface area contributed by atoms with E-state index in [2.05, 4.69) is 50.4 Å². The largest absolute Gasteiger partial charge is 0.368 e. The molecule has 0 unspecified atom stereocenters. The predicted octanol–water partition coefficient (Wildman–Crippen LogP) is 6.28. The number of fused-ring (bicyclic) bond motifs is 1. The van der Waals surface area contributed by atoms with Gasteiger partial charge in [0.1, 0.15) is 11.6 Å². The Hall–Kier alpha value is -3.26. The van der Waals surface area contributed by atoms with Crippen LogP contribution in [0.25, 0.3) is 10.9 Å².